The van der Waals surface area contributed by atoms with Gasteiger partial charge in [0.1, 0.15) is 5.75 Å². The second kappa shape index (κ2) is 6.14. The predicted octanol–water partition coefficient (Wildman–Crippen LogP) is 4.72. The fourth-order valence-electron chi connectivity index (χ4n) is 2.02. The Hall–Kier alpha value is -1.44. The third kappa shape index (κ3) is 4.30. The Bertz CT molecular complexity index is 458. The number of rotatable bonds is 6. The van der Waals surface area contributed by atoms with Crippen molar-refractivity contribution in [2.24, 2.45) is 5.92 Å². The molecule has 19 heavy (non-hydrogen) atoms. The van der Waals surface area contributed by atoms with E-state index < -0.39 is 0 Å². The Kier molecular flexibility index (Phi) is 4.52. The zero-order valence-corrected chi connectivity index (χ0v) is 12.5. The Labute approximate surface area is 116 Å². The summed E-state index contributed by atoms with van der Waals surface area (Å²) < 4.78 is 5.85. The molecule has 1 N–H and O–H groups in total. The van der Waals surface area contributed by atoms with E-state index in [9.17, 15) is 0 Å². The van der Waals surface area contributed by atoms with E-state index in [2.05, 4.69) is 57.3 Å². The van der Waals surface area contributed by atoms with Gasteiger partial charge < -0.3 is 10.1 Å². The van der Waals surface area contributed by atoms with Crippen molar-refractivity contribution in [2.75, 3.05) is 11.9 Å². The first kappa shape index (κ1) is 14.0. The normalized spacial score (nSPS) is 15.7. The summed E-state index contributed by atoms with van der Waals surface area (Å²) in [7, 11) is 0. The molecule has 0 bridgehead atoms. The van der Waals surface area contributed by atoms with Crippen LogP contribution in [0.1, 0.15) is 46.1 Å². The first-order valence-corrected chi connectivity index (χ1v) is 7.27. The molecular weight excluding hydrogens is 234 g/mol. The van der Waals surface area contributed by atoms with Gasteiger partial charge in [0, 0.05) is 18.3 Å². The van der Waals surface area contributed by atoms with Crippen LogP contribution < -0.4 is 10.1 Å². The van der Waals surface area contributed by atoms with Crippen LogP contribution in [0, 0.1) is 5.92 Å². The monoisotopic (exact) mass is 259 g/mol. The summed E-state index contributed by atoms with van der Waals surface area (Å²) in [6.07, 6.45) is 5.09. The van der Waals surface area contributed by atoms with E-state index in [0.29, 0.717) is 0 Å². The summed E-state index contributed by atoms with van der Waals surface area (Å²) in [6, 6.07) is 6.44. The van der Waals surface area contributed by atoms with Crippen molar-refractivity contribution in [3.05, 3.63) is 29.8 Å². The minimum absolute atomic E-state index is 0.206. The number of benzene rings is 1. The predicted molar refractivity (Wildman–Crippen MR) is 82.7 cm³/mol. The van der Waals surface area contributed by atoms with E-state index in [4.69, 9.17) is 4.74 Å². The Morgan fingerprint density at radius 2 is 2.11 bits per heavy atom. The molecule has 1 fully saturated rings. The molecule has 0 heterocycles. The molecule has 104 valence electrons. The minimum Gasteiger partial charge on any atom is -0.491 e. The van der Waals surface area contributed by atoms with Crippen LogP contribution in [-0.4, -0.2) is 12.6 Å². The topological polar surface area (TPSA) is 21.3 Å². The van der Waals surface area contributed by atoms with E-state index in [1.165, 1.54) is 29.7 Å². The minimum atomic E-state index is 0.206. The van der Waals surface area contributed by atoms with E-state index >= 15 is 0 Å². The van der Waals surface area contributed by atoms with Crippen LogP contribution in [0.15, 0.2) is 24.3 Å². The quantitative estimate of drug-likeness (QED) is 0.798. The number of allylic oxidation sites excluding steroid dienone is 2. The standard InChI is InChI=1S/C17H25NO/c1-5-13(4)15-8-16(18-11-14-6-7-14)10-17(9-15)19-12(2)3/h5,8-10,12,14,18H,6-7,11H2,1-4H3/b13-5-. The first-order chi connectivity index (χ1) is 9.08. The number of nitrogens with one attached hydrogen (secondary N) is 1. The van der Waals surface area contributed by atoms with Crippen molar-refractivity contribution in [3.63, 3.8) is 0 Å². The molecule has 0 amide bonds. The van der Waals surface area contributed by atoms with Crippen LogP contribution in [0.2, 0.25) is 0 Å². The van der Waals surface area contributed by atoms with Crippen molar-refractivity contribution in [2.45, 2.75) is 46.6 Å². The van der Waals surface area contributed by atoms with Crippen LogP contribution in [0.25, 0.3) is 5.57 Å². The number of hydrogen-bond acceptors (Lipinski definition) is 2. The van der Waals surface area contributed by atoms with Gasteiger partial charge in [-0.15, -0.1) is 0 Å². The molecule has 0 unspecified atom stereocenters. The van der Waals surface area contributed by atoms with Gasteiger partial charge in [-0.3, -0.25) is 0 Å². The molecular formula is C17H25NO. The van der Waals surface area contributed by atoms with E-state index in [1.807, 2.05) is 0 Å². The SMILES string of the molecule is C/C=C(/C)c1cc(NCC2CC2)cc(OC(C)C)c1. The van der Waals surface area contributed by atoms with E-state index in [1.54, 1.807) is 0 Å². The third-order valence-corrected chi connectivity index (χ3v) is 3.46. The fraction of sp³-hybridized carbons (Fsp3) is 0.529. The van der Waals surface area contributed by atoms with Gasteiger partial charge in [-0.25, -0.2) is 0 Å². The summed E-state index contributed by atoms with van der Waals surface area (Å²) in [5.41, 5.74) is 3.68. The molecule has 0 radical (unpaired) electrons. The van der Waals surface area contributed by atoms with Crippen LogP contribution in [0.3, 0.4) is 0 Å². The molecule has 2 rings (SSSR count). The largest absolute Gasteiger partial charge is 0.491 e. The van der Waals surface area contributed by atoms with Crippen molar-refractivity contribution >= 4 is 11.3 Å². The zero-order chi connectivity index (χ0) is 13.8. The molecule has 0 spiro atoms. The maximum Gasteiger partial charge on any atom is 0.122 e. The molecule has 1 aromatic rings. The second-order valence-electron chi connectivity index (χ2n) is 5.71. The van der Waals surface area contributed by atoms with Crippen LogP contribution in [0.4, 0.5) is 5.69 Å². The lowest BCUT2D eigenvalue weighted by Gasteiger charge is -2.15. The summed E-state index contributed by atoms with van der Waals surface area (Å²) in [4.78, 5) is 0. The Balaban J connectivity index is 2.19. The highest BCUT2D eigenvalue weighted by Gasteiger charge is 2.20. The highest BCUT2D eigenvalue weighted by Crippen LogP contribution is 2.31. The third-order valence-electron chi connectivity index (χ3n) is 3.46. The van der Waals surface area contributed by atoms with Crippen LogP contribution in [-0.2, 0) is 0 Å². The number of hydrogen-bond donors (Lipinski definition) is 1. The fourth-order valence-corrected chi connectivity index (χ4v) is 2.02. The molecule has 0 aromatic heterocycles. The molecule has 1 aliphatic rings. The zero-order valence-electron chi connectivity index (χ0n) is 12.5. The average Bonchev–Trinajstić information content (AvgIpc) is 3.18. The molecule has 0 aliphatic heterocycles. The van der Waals surface area contributed by atoms with Gasteiger partial charge in [-0.2, -0.15) is 0 Å². The average molecular weight is 259 g/mol. The van der Waals surface area contributed by atoms with Crippen molar-refractivity contribution in [1.82, 2.24) is 0 Å². The van der Waals surface area contributed by atoms with Gasteiger partial charge >= 0.3 is 0 Å². The van der Waals surface area contributed by atoms with Crippen LogP contribution in [0.5, 0.6) is 5.75 Å². The molecule has 1 aliphatic carbocycles. The van der Waals surface area contributed by atoms with Gasteiger partial charge in [0.05, 0.1) is 6.10 Å². The molecule has 2 heteroatoms. The van der Waals surface area contributed by atoms with Gasteiger partial charge in [-0.1, -0.05) is 6.08 Å². The molecule has 1 saturated carbocycles. The lowest BCUT2D eigenvalue weighted by molar-refractivity contribution is 0.242. The van der Waals surface area contributed by atoms with Crippen molar-refractivity contribution in [3.8, 4) is 5.75 Å². The van der Waals surface area contributed by atoms with E-state index in [0.717, 1.165) is 18.2 Å². The van der Waals surface area contributed by atoms with Gasteiger partial charge in [0.2, 0.25) is 0 Å². The Morgan fingerprint density at radius 3 is 2.68 bits per heavy atom. The lowest BCUT2D eigenvalue weighted by atomic mass is 10.1. The van der Waals surface area contributed by atoms with Gasteiger partial charge in [-0.05, 0) is 69.7 Å². The summed E-state index contributed by atoms with van der Waals surface area (Å²) >= 11 is 0. The maximum absolute atomic E-state index is 5.85. The van der Waals surface area contributed by atoms with Crippen LogP contribution >= 0.6 is 0 Å². The smallest absolute Gasteiger partial charge is 0.122 e. The first-order valence-electron chi connectivity index (χ1n) is 7.27. The summed E-state index contributed by atoms with van der Waals surface area (Å²) in [5, 5.41) is 3.53. The van der Waals surface area contributed by atoms with Crippen molar-refractivity contribution < 1.29 is 4.74 Å². The van der Waals surface area contributed by atoms with E-state index in [-0.39, 0.29) is 6.10 Å². The second-order valence-corrected chi connectivity index (χ2v) is 5.71. The van der Waals surface area contributed by atoms with Gasteiger partial charge in [0.25, 0.3) is 0 Å². The summed E-state index contributed by atoms with van der Waals surface area (Å²) in [5.74, 6) is 1.83. The molecule has 0 saturated heterocycles. The van der Waals surface area contributed by atoms with Crippen molar-refractivity contribution in [1.29, 1.82) is 0 Å². The lowest BCUT2D eigenvalue weighted by Crippen LogP contribution is -2.07. The maximum atomic E-state index is 5.85. The number of ether oxygens (including phenoxy) is 1. The molecule has 0 atom stereocenters. The molecule has 2 nitrogen and oxygen atoms in total. The highest BCUT2D eigenvalue weighted by molar-refractivity contribution is 5.69. The number of anilines is 1. The summed E-state index contributed by atoms with van der Waals surface area (Å²) in [6.45, 7) is 9.42. The van der Waals surface area contributed by atoms with Gasteiger partial charge in [0.15, 0.2) is 0 Å². The molecule has 1 aromatic carbocycles. The Morgan fingerprint density at radius 1 is 1.37 bits per heavy atom. The highest BCUT2D eigenvalue weighted by atomic mass is 16.5.